The number of nitrogens with zero attached hydrogens (tertiary/aromatic N) is 2. The van der Waals surface area contributed by atoms with Crippen molar-refractivity contribution in [3.05, 3.63) is 23.4 Å². The first kappa shape index (κ1) is 11.9. The maximum absolute atomic E-state index is 7.51. The second-order valence-electron chi connectivity index (χ2n) is 5.13. The van der Waals surface area contributed by atoms with E-state index in [4.69, 9.17) is 11.1 Å². The van der Waals surface area contributed by atoms with Gasteiger partial charge in [0, 0.05) is 24.3 Å². The maximum Gasteiger partial charge on any atom is 0.129 e. The van der Waals surface area contributed by atoms with E-state index in [9.17, 15) is 0 Å². The molecule has 0 radical (unpaired) electrons. The Morgan fingerprint density at radius 1 is 1.35 bits per heavy atom. The van der Waals surface area contributed by atoms with Crippen LogP contribution in [0.2, 0.25) is 0 Å². The molecule has 1 aliphatic heterocycles. The molecule has 1 aliphatic rings. The highest BCUT2D eigenvalue weighted by molar-refractivity contribution is 5.95. The van der Waals surface area contributed by atoms with Crippen molar-refractivity contribution in [2.24, 2.45) is 17.6 Å². The van der Waals surface area contributed by atoms with Crippen molar-refractivity contribution in [2.75, 3.05) is 18.0 Å². The lowest BCUT2D eigenvalue weighted by molar-refractivity contribution is 0.494. The van der Waals surface area contributed by atoms with Crippen LogP contribution >= 0.6 is 0 Å². The number of amidine groups is 1. The van der Waals surface area contributed by atoms with Gasteiger partial charge in [0.15, 0.2) is 0 Å². The Morgan fingerprint density at radius 2 is 1.94 bits per heavy atom. The molecule has 2 unspecified atom stereocenters. The van der Waals surface area contributed by atoms with Gasteiger partial charge in [-0.05, 0) is 30.9 Å². The summed E-state index contributed by atoms with van der Waals surface area (Å²) in [6.45, 7) is 8.56. The zero-order valence-corrected chi connectivity index (χ0v) is 10.7. The van der Waals surface area contributed by atoms with Gasteiger partial charge in [-0.25, -0.2) is 4.98 Å². The summed E-state index contributed by atoms with van der Waals surface area (Å²) in [6.07, 6.45) is 0. The molecule has 0 saturated carbocycles. The fourth-order valence-corrected chi connectivity index (χ4v) is 2.29. The molecule has 1 aromatic rings. The van der Waals surface area contributed by atoms with Crippen LogP contribution in [0.3, 0.4) is 0 Å². The molecule has 1 fully saturated rings. The molecule has 4 heteroatoms. The van der Waals surface area contributed by atoms with Crippen molar-refractivity contribution in [1.82, 2.24) is 4.98 Å². The van der Waals surface area contributed by atoms with Gasteiger partial charge in [-0.2, -0.15) is 0 Å². The smallest absolute Gasteiger partial charge is 0.129 e. The molecule has 1 saturated heterocycles. The number of nitrogens with one attached hydrogen (secondary N) is 1. The van der Waals surface area contributed by atoms with E-state index >= 15 is 0 Å². The molecule has 0 bridgehead atoms. The Balaban J connectivity index is 2.30. The number of pyridine rings is 1. The van der Waals surface area contributed by atoms with E-state index in [0.717, 1.165) is 30.2 Å². The van der Waals surface area contributed by atoms with Crippen LogP contribution in [0.4, 0.5) is 5.82 Å². The average molecular weight is 232 g/mol. The van der Waals surface area contributed by atoms with Crippen LogP contribution in [0.1, 0.15) is 25.1 Å². The largest absolute Gasteiger partial charge is 0.384 e. The molecule has 2 atom stereocenters. The first-order valence-electron chi connectivity index (χ1n) is 6.05. The number of aryl methyl sites for hydroxylation is 1. The predicted molar refractivity (Wildman–Crippen MR) is 70.5 cm³/mol. The van der Waals surface area contributed by atoms with Crippen LogP contribution < -0.4 is 10.6 Å². The summed E-state index contributed by atoms with van der Waals surface area (Å²) < 4.78 is 0. The van der Waals surface area contributed by atoms with Gasteiger partial charge in [-0.15, -0.1) is 0 Å². The number of nitrogens with two attached hydrogens (primary N) is 1. The van der Waals surface area contributed by atoms with Crippen LogP contribution in [0, 0.1) is 24.2 Å². The van der Waals surface area contributed by atoms with Crippen molar-refractivity contribution in [3.63, 3.8) is 0 Å². The Hall–Kier alpha value is -1.58. The van der Waals surface area contributed by atoms with Crippen molar-refractivity contribution >= 4 is 11.7 Å². The van der Waals surface area contributed by atoms with Crippen molar-refractivity contribution in [1.29, 1.82) is 5.41 Å². The van der Waals surface area contributed by atoms with E-state index in [0.29, 0.717) is 11.8 Å². The first-order chi connectivity index (χ1) is 7.97. The lowest BCUT2D eigenvalue weighted by Gasteiger charge is -2.18. The topological polar surface area (TPSA) is 66.0 Å². The molecule has 0 amide bonds. The van der Waals surface area contributed by atoms with Gasteiger partial charge < -0.3 is 10.6 Å². The number of hydrogen-bond acceptors (Lipinski definition) is 3. The molecule has 17 heavy (non-hydrogen) atoms. The summed E-state index contributed by atoms with van der Waals surface area (Å²) in [7, 11) is 0. The Morgan fingerprint density at radius 3 is 2.47 bits per heavy atom. The van der Waals surface area contributed by atoms with E-state index in [1.54, 1.807) is 0 Å². The van der Waals surface area contributed by atoms with Gasteiger partial charge in [0.2, 0.25) is 0 Å². The highest BCUT2D eigenvalue weighted by Gasteiger charge is 2.27. The zero-order chi connectivity index (χ0) is 12.6. The highest BCUT2D eigenvalue weighted by atomic mass is 15.2. The fourth-order valence-electron chi connectivity index (χ4n) is 2.29. The normalized spacial score (nSPS) is 24.1. The first-order valence-corrected chi connectivity index (χ1v) is 6.05. The monoisotopic (exact) mass is 232 g/mol. The fraction of sp³-hybridized carbons (Fsp3) is 0.538. The standard InChI is InChI=1S/C13H20N4/c1-8-6-17(7-9(8)2)12-5-11(13(14)15)4-10(3)16-12/h4-5,8-9H,6-7H2,1-3H3,(H3,14,15). The quantitative estimate of drug-likeness (QED) is 0.603. The van der Waals surface area contributed by atoms with Crippen LogP contribution in [0.5, 0.6) is 0 Å². The molecule has 92 valence electrons. The minimum Gasteiger partial charge on any atom is -0.384 e. The van der Waals surface area contributed by atoms with Crippen molar-refractivity contribution < 1.29 is 0 Å². The van der Waals surface area contributed by atoms with E-state index in [1.165, 1.54) is 0 Å². The molecule has 4 nitrogen and oxygen atoms in total. The molecule has 0 spiro atoms. The van der Waals surface area contributed by atoms with Crippen LogP contribution in [0.25, 0.3) is 0 Å². The minimum atomic E-state index is 0.108. The molecule has 0 aromatic carbocycles. The molecule has 3 N–H and O–H groups in total. The number of nitrogen functional groups attached to an aromatic ring is 1. The Kier molecular flexibility index (Phi) is 3.05. The third kappa shape index (κ3) is 2.40. The summed E-state index contributed by atoms with van der Waals surface area (Å²) in [5, 5.41) is 7.51. The summed E-state index contributed by atoms with van der Waals surface area (Å²) in [6, 6.07) is 3.77. The molecular formula is C13H20N4. The van der Waals surface area contributed by atoms with Gasteiger partial charge in [0.1, 0.15) is 11.7 Å². The predicted octanol–water partition coefficient (Wildman–Crippen LogP) is 1.77. The summed E-state index contributed by atoms with van der Waals surface area (Å²) in [4.78, 5) is 6.83. The van der Waals surface area contributed by atoms with Crippen LogP contribution in [-0.2, 0) is 0 Å². The summed E-state index contributed by atoms with van der Waals surface area (Å²) in [5.74, 6) is 2.44. The highest BCUT2D eigenvalue weighted by Crippen LogP contribution is 2.27. The lowest BCUT2D eigenvalue weighted by atomic mass is 10.0. The summed E-state index contributed by atoms with van der Waals surface area (Å²) in [5.41, 5.74) is 7.22. The number of anilines is 1. The van der Waals surface area contributed by atoms with Gasteiger partial charge >= 0.3 is 0 Å². The van der Waals surface area contributed by atoms with Gasteiger partial charge in [-0.1, -0.05) is 13.8 Å². The SMILES string of the molecule is Cc1cc(C(=N)N)cc(N2CC(C)C(C)C2)n1. The number of aromatic nitrogens is 1. The Bertz CT molecular complexity index is 431. The molecule has 2 heterocycles. The average Bonchev–Trinajstić information content (AvgIpc) is 2.58. The second-order valence-corrected chi connectivity index (χ2v) is 5.13. The third-order valence-corrected chi connectivity index (χ3v) is 3.56. The molecular weight excluding hydrogens is 212 g/mol. The summed E-state index contributed by atoms with van der Waals surface area (Å²) >= 11 is 0. The van der Waals surface area contributed by atoms with Gasteiger partial charge in [0.25, 0.3) is 0 Å². The van der Waals surface area contributed by atoms with Crippen LogP contribution in [0.15, 0.2) is 12.1 Å². The molecule has 1 aromatic heterocycles. The maximum atomic E-state index is 7.51. The zero-order valence-electron chi connectivity index (χ0n) is 10.7. The Labute approximate surface area is 102 Å². The molecule has 2 rings (SSSR count). The van der Waals surface area contributed by atoms with Crippen molar-refractivity contribution in [3.8, 4) is 0 Å². The number of rotatable bonds is 2. The van der Waals surface area contributed by atoms with E-state index in [1.807, 2.05) is 19.1 Å². The van der Waals surface area contributed by atoms with Gasteiger partial charge in [0.05, 0.1) is 0 Å². The second kappa shape index (κ2) is 4.35. The van der Waals surface area contributed by atoms with Gasteiger partial charge in [-0.3, -0.25) is 5.41 Å². The van der Waals surface area contributed by atoms with Crippen LogP contribution in [-0.4, -0.2) is 23.9 Å². The van der Waals surface area contributed by atoms with Crippen molar-refractivity contribution in [2.45, 2.75) is 20.8 Å². The van der Waals surface area contributed by atoms with E-state index in [2.05, 4.69) is 23.7 Å². The lowest BCUT2D eigenvalue weighted by Crippen LogP contribution is -2.22. The molecule has 0 aliphatic carbocycles. The third-order valence-electron chi connectivity index (χ3n) is 3.56. The van der Waals surface area contributed by atoms with E-state index in [-0.39, 0.29) is 5.84 Å². The minimum absolute atomic E-state index is 0.108. The number of hydrogen-bond donors (Lipinski definition) is 2. The van der Waals surface area contributed by atoms with E-state index < -0.39 is 0 Å².